The highest BCUT2D eigenvalue weighted by Crippen LogP contribution is 2.31. The maximum absolute atomic E-state index is 12.4. The summed E-state index contributed by atoms with van der Waals surface area (Å²) in [6.45, 7) is 1.81. The van der Waals surface area contributed by atoms with Crippen molar-refractivity contribution in [2.24, 2.45) is 0 Å². The van der Waals surface area contributed by atoms with Crippen LogP contribution in [0.1, 0.15) is 20.1 Å². The molecule has 0 aliphatic rings. The van der Waals surface area contributed by atoms with E-state index in [1.807, 2.05) is 0 Å². The summed E-state index contributed by atoms with van der Waals surface area (Å²) in [7, 11) is -3.24. The minimum Gasteiger partial charge on any atom is -0.484 e. The standard InChI is InChI=1S/C19H18ClNO6S2/c1-11-7-19(23)27-16-9-17(14(20)8-13(11)16)26-10-15(22)18-4-3-12(28-18)5-6-21-29(2,24)25/h3-4,7-9,21H,5-6,10H2,1-2H3. The van der Waals surface area contributed by atoms with E-state index in [-0.39, 0.29) is 24.7 Å². The van der Waals surface area contributed by atoms with Crippen LogP contribution < -0.4 is 15.1 Å². The lowest BCUT2D eigenvalue weighted by molar-refractivity contribution is 0.0925. The smallest absolute Gasteiger partial charge is 0.336 e. The quantitative estimate of drug-likeness (QED) is 0.413. The monoisotopic (exact) mass is 455 g/mol. The molecule has 29 heavy (non-hydrogen) atoms. The Morgan fingerprint density at radius 1 is 1.28 bits per heavy atom. The molecule has 7 nitrogen and oxygen atoms in total. The fourth-order valence-electron chi connectivity index (χ4n) is 2.67. The molecule has 0 spiro atoms. The van der Waals surface area contributed by atoms with E-state index >= 15 is 0 Å². The van der Waals surface area contributed by atoms with Gasteiger partial charge in [-0.3, -0.25) is 4.79 Å². The average Bonchev–Trinajstić information content (AvgIpc) is 3.08. The van der Waals surface area contributed by atoms with Gasteiger partial charge in [-0.1, -0.05) is 11.6 Å². The van der Waals surface area contributed by atoms with Crippen LogP contribution in [0.15, 0.2) is 39.5 Å². The lowest BCUT2D eigenvalue weighted by Gasteiger charge is -2.09. The number of carbonyl (C=O) groups excluding carboxylic acids is 1. The fraction of sp³-hybridized carbons (Fsp3) is 0.263. The number of fused-ring (bicyclic) bond motifs is 1. The van der Waals surface area contributed by atoms with Crippen molar-refractivity contribution in [1.29, 1.82) is 0 Å². The number of nitrogens with one attached hydrogen (secondary N) is 1. The van der Waals surface area contributed by atoms with Gasteiger partial charge in [0.1, 0.15) is 11.3 Å². The van der Waals surface area contributed by atoms with Crippen LogP contribution in [-0.2, 0) is 16.4 Å². The third kappa shape index (κ3) is 5.66. The van der Waals surface area contributed by atoms with Gasteiger partial charge < -0.3 is 9.15 Å². The molecular weight excluding hydrogens is 438 g/mol. The summed E-state index contributed by atoms with van der Waals surface area (Å²) in [4.78, 5) is 25.3. The van der Waals surface area contributed by atoms with E-state index in [2.05, 4.69) is 4.72 Å². The largest absolute Gasteiger partial charge is 0.484 e. The molecule has 0 bridgehead atoms. The highest BCUT2D eigenvalue weighted by atomic mass is 35.5. The van der Waals surface area contributed by atoms with Gasteiger partial charge >= 0.3 is 5.63 Å². The van der Waals surface area contributed by atoms with Crippen molar-refractivity contribution < 1.29 is 22.4 Å². The maximum atomic E-state index is 12.4. The van der Waals surface area contributed by atoms with Crippen LogP contribution >= 0.6 is 22.9 Å². The number of ketones is 1. The van der Waals surface area contributed by atoms with Crippen molar-refractivity contribution in [3.63, 3.8) is 0 Å². The van der Waals surface area contributed by atoms with Crippen LogP contribution in [-0.4, -0.2) is 33.6 Å². The second-order valence-electron chi connectivity index (χ2n) is 6.42. The normalized spacial score (nSPS) is 11.7. The molecule has 1 N–H and O–H groups in total. The Balaban J connectivity index is 1.66. The summed E-state index contributed by atoms with van der Waals surface area (Å²) < 4.78 is 35.3. The van der Waals surface area contributed by atoms with Crippen LogP contribution in [0.2, 0.25) is 5.02 Å². The highest BCUT2D eigenvalue weighted by molar-refractivity contribution is 7.88. The van der Waals surface area contributed by atoms with Gasteiger partial charge in [-0.15, -0.1) is 11.3 Å². The van der Waals surface area contributed by atoms with E-state index in [0.717, 1.165) is 16.7 Å². The topological polar surface area (TPSA) is 103 Å². The van der Waals surface area contributed by atoms with E-state index in [0.29, 0.717) is 27.3 Å². The number of carbonyl (C=O) groups is 1. The Morgan fingerprint density at radius 2 is 2.03 bits per heavy atom. The molecule has 0 radical (unpaired) electrons. The fourth-order valence-corrected chi connectivity index (χ4v) is 4.29. The number of Topliss-reactive ketones (excluding diaryl/α,β-unsaturated/α-hetero) is 1. The van der Waals surface area contributed by atoms with E-state index in [9.17, 15) is 18.0 Å². The number of hydrogen-bond donors (Lipinski definition) is 1. The summed E-state index contributed by atoms with van der Waals surface area (Å²) in [5.41, 5.74) is 0.590. The number of rotatable bonds is 8. The summed E-state index contributed by atoms with van der Waals surface area (Å²) in [6, 6.07) is 7.96. The molecule has 0 fully saturated rings. The highest BCUT2D eigenvalue weighted by Gasteiger charge is 2.14. The molecule has 0 unspecified atom stereocenters. The van der Waals surface area contributed by atoms with Gasteiger partial charge in [0.25, 0.3) is 0 Å². The molecule has 0 amide bonds. The van der Waals surface area contributed by atoms with E-state index < -0.39 is 15.6 Å². The van der Waals surface area contributed by atoms with Crippen molar-refractivity contribution in [1.82, 2.24) is 4.72 Å². The lowest BCUT2D eigenvalue weighted by Crippen LogP contribution is -2.24. The van der Waals surface area contributed by atoms with Gasteiger partial charge in [-0.2, -0.15) is 0 Å². The number of hydrogen-bond acceptors (Lipinski definition) is 7. The zero-order valence-corrected chi connectivity index (χ0v) is 18.0. The van der Waals surface area contributed by atoms with Crippen molar-refractivity contribution in [2.75, 3.05) is 19.4 Å². The van der Waals surface area contributed by atoms with Crippen molar-refractivity contribution in [2.45, 2.75) is 13.3 Å². The molecule has 0 saturated heterocycles. The van der Waals surface area contributed by atoms with Crippen molar-refractivity contribution >= 4 is 49.7 Å². The van der Waals surface area contributed by atoms with Gasteiger partial charge in [0.2, 0.25) is 15.8 Å². The van der Waals surface area contributed by atoms with Gasteiger partial charge in [-0.05, 0) is 37.1 Å². The Kier molecular flexibility index (Phi) is 6.42. The van der Waals surface area contributed by atoms with E-state index in [1.165, 1.54) is 23.5 Å². The Labute approximate surface area is 176 Å². The SMILES string of the molecule is Cc1cc(=O)oc2cc(OCC(=O)c3ccc(CCNS(C)(=O)=O)s3)c(Cl)cc12. The first-order valence-corrected chi connectivity index (χ1v) is 11.6. The Bertz CT molecular complexity index is 1230. The van der Waals surface area contributed by atoms with Crippen molar-refractivity contribution in [3.8, 4) is 5.75 Å². The summed E-state index contributed by atoms with van der Waals surface area (Å²) in [6.07, 6.45) is 1.58. The third-order valence-corrected chi connectivity index (χ3v) is 6.24. The number of aryl methyl sites for hydroxylation is 1. The minimum absolute atomic E-state index is 0.233. The second-order valence-corrected chi connectivity index (χ2v) is 9.83. The van der Waals surface area contributed by atoms with Crippen LogP contribution in [0.5, 0.6) is 5.75 Å². The number of sulfonamides is 1. The first-order valence-electron chi connectivity index (χ1n) is 8.56. The first kappa shape index (κ1) is 21.5. The second kappa shape index (κ2) is 8.66. The lowest BCUT2D eigenvalue weighted by atomic mass is 10.1. The molecule has 0 saturated carbocycles. The predicted molar refractivity (Wildman–Crippen MR) is 113 cm³/mol. The molecular formula is C19H18ClNO6S2. The molecule has 3 rings (SSSR count). The van der Waals surface area contributed by atoms with Gasteiger partial charge in [0, 0.05) is 28.9 Å². The molecule has 1 aromatic carbocycles. The zero-order chi connectivity index (χ0) is 21.2. The van der Waals surface area contributed by atoms with Gasteiger partial charge in [0.15, 0.2) is 6.61 Å². The number of thiophene rings is 1. The summed E-state index contributed by atoms with van der Waals surface area (Å²) in [5, 5.41) is 1.000. The average molecular weight is 456 g/mol. The predicted octanol–water partition coefficient (Wildman–Crippen LogP) is 3.17. The van der Waals surface area contributed by atoms with E-state index in [4.69, 9.17) is 20.8 Å². The van der Waals surface area contributed by atoms with E-state index in [1.54, 1.807) is 25.1 Å². The van der Waals surface area contributed by atoms with Crippen LogP contribution in [0.25, 0.3) is 11.0 Å². The molecule has 2 aromatic heterocycles. The molecule has 0 aliphatic carbocycles. The molecule has 10 heteroatoms. The minimum atomic E-state index is -3.24. The van der Waals surface area contributed by atoms with Crippen LogP contribution in [0.4, 0.5) is 0 Å². The molecule has 0 atom stereocenters. The van der Waals surface area contributed by atoms with Gasteiger partial charge in [-0.25, -0.2) is 17.9 Å². The van der Waals surface area contributed by atoms with Gasteiger partial charge in [0.05, 0.1) is 16.2 Å². The Morgan fingerprint density at radius 3 is 2.76 bits per heavy atom. The summed E-state index contributed by atoms with van der Waals surface area (Å²) >= 11 is 7.51. The maximum Gasteiger partial charge on any atom is 0.336 e. The molecule has 3 aromatic rings. The number of halogens is 1. The number of ether oxygens (including phenoxy) is 1. The molecule has 154 valence electrons. The number of benzene rings is 1. The molecule has 2 heterocycles. The third-order valence-electron chi connectivity index (χ3n) is 4.03. The Hall–Kier alpha value is -2.20. The first-order chi connectivity index (χ1) is 13.6. The molecule has 0 aliphatic heterocycles. The zero-order valence-electron chi connectivity index (χ0n) is 15.7. The van der Waals surface area contributed by atoms with Crippen molar-refractivity contribution in [3.05, 3.63) is 61.1 Å². The van der Waals surface area contributed by atoms with Crippen LogP contribution in [0.3, 0.4) is 0 Å². The summed E-state index contributed by atoms with van der Waals surface area (Å²) in [5.74, 6) is 0.00887. The van der Waals surface area contributed by atoms with Crippen LogP contribution in [0, 0.1) is 6.92 Å².